The molecule has 0 bridgehead atoms. The van der Waals surface area contributed by atoms with Gasteiger partial charge in [0.1, 0.15) is 5.41 Å². The quantitative estimate of drug-likeness (QED) is 0.750. The van der Waals surface area contributed by atoms with E-state index in [1.807, 2.05) is 18.2 Å². The van der Waals surface area contributed by atoms with Crippen LogP contribution in [0.1, 0.15) is 5.56 Å². The van der Waals surface area contributed by atoms with Crippen LogP contribution in [0.25, 0.3) is 0 Å². The Morgan fingerprint density at radius 2 is 1.62 bits per heavy atom. The summed E-state index contributed by atoms with van der Waals surface area (Å²) in [6.07, 6.45) is 0. The Balaban J connectivity index is 2.04. The van der Waals surface area contributed by atoms with Crippen LogP contribution in [-0.2, 0) is 14.9 Å². The Labute approximate surface area is 94.6 Å². The predicted molar refractivity (Wildman–Crippen MR) is 57.8 cm³/mol. The zero-order valence-electron chi connectivity index (χ0n) is 8.98. The molecule has 0 N–H and O–H groups in total. The van der Waals surface area contributed by atoms with Crippen molar-refractivity contribution < 1.29 is 9.47 Å². The van der Waals surface area contributed by atoms with E-state index in [1.165, 1.54) is 5.56 Å². The summed E-state index contributed by atoms with van der Waals surface area (Å²) >= 11 is 0. The van der Waals surface area contributed by atoms with E-state index >= 15 is 0 Å². The maximum Gasteiger partial charge on any atom is 0.118 e. The molecule has 0 radical (unpaired) electrons. The summed E-state index contributed by atoms with van der Waals surface area (Å²) in [6.45, 7) is 2.32. The van der Waals surface area contributed by atoms with Crippen LogP contribution in [0.3, 0.4) is 0 Å². The Hall–Kier alpha value is -1.37. The van der Waals surface area contributed by atoms with Crippen LogP contribution >= 0.6 is 0 Å². The van der Waals surface area contributed by atoms with Crippen LogP contribution in [0.2, 0.25) is 0 Å². The molecule has 0 amide bonds. The molecular weight excluding hydrogens is 202 g/mol. The summed E-state index contributed by atoms with van der Waals surface area (Å²) in [4.78, 5) is 0. The van der Waals surface area contributed by atoms with E-state index in [9.17, 15) is 5.26 Å². The average molecular weight is 215 g/mol. The van der Waals surface area contributed by atoms with Gasteiger partial charge in [-0.2, -0.15) is 5.26 Å². The predicted octanol–water partition coefficient (Wildman–Crippen LogP) is 1.49. The highest BCUT2D eigenvalue weighted by molar-refractivity contribution is 5.36. The van der Waals surface area contributed by atoms with E-state index in [2.05, 4.69) is 18.2 Å². The second kappa shape index (κ2) is 3.31. The number of nitriles is 1. The highest BCUT2D eigenvalue weighted by atomic mass is 16.5. The number of hydrogen-bond acceptors (Lipinski definition) is 3. The van der Waals surface area contributed by atoms with E-state index < -0.39 is 0 Å². The lowest BCUT2D eigenvalue weighted by Gasteiger charge is -2.55. The van der Waals surface area contributed by atoms with Crippen molar-refractivity contribution in [3.63, 3.8) is 0 Å². The Kier molecular flexibility index (Phi) is 2.03. The van der Waals surface area contributed by atoms with E-state index in [4.69, 9.17) is 9.47 Å². The zero-order chi connectivity index (χ0) is 11.1. The highest BCUT2D eigenvalue weighted by Crippen LogP contribution is 2.51. The molecule has 3 nitrogen and oxygen atoms in total. The summed E-state index contributed by atoms with van der Waals surface area (Å²) in [6, 6.07) is 12.6. The van der Waals surface area contributed by atoms with Gasteiger partial charge in [0.2, 0.25) is 0 Å². The number of nitrogens with zero attached hydrogens (tertiary/aromatic N) is 1. The molecule has 3 rings (SSSR count). The first kappa shape index (κ1) is 9.83. The maximum atomic E-state index is 9.41. The lowest BCUT2D eigenvalue weighted by Crippen LogP contribution is -2.66. The van der Waals surface area contributed by atoms with Crippen LogP contribution in [0.5, 0.6) is 0 Å². The van der Waals surface area contributed by atoms with Crippen molar-refractivity contribution in [1.29, 1.82) is 5.26 Å². The molecule has 0 aliphatic carbocycles. The van der Waals surface area contributed by atoms with Crippen molar-refractivity contribution in [2.24, 2.45) is 5.41 Å². The molecule has 3 heteroatoms. The molecule has 2 aliphatic heterocycles. The molecule has 1 aromatic rings. The van der Waals surface area contributed by atoms with E-state index in [-0.39, 0.29) is 10.8 Å². The molecular formula is C13H13NO2. The summed E-state index contributed by atoms with van der Waals surface area (Å²) < 4.78 is 10.6. The summed E-state index contributed by atoms with van der Waals surface area (Å²) in [7, 11) is 0. The van der Waals surface area contributed by atoms with Gasteiger partial charge in [0.25, 0.3) is 0 Å². The smallest absolute Gasteiger partial charge is 0.118 e. The third-order valence-electron chi connectivity index (χ3n) is 3.85. The lowest BCUT2D eigenvalue weighted by atomic mass is 9.58. The molecule has 0 aromatic heterocycles. The molecule has 0 unspecified atom stereocenters. The van der Waals surface area contributed by atoms with Crippen LogP contribution < -0.4 is 0 Å². The zero-order valence-corrected chi connectivity index (χ0v) is 8.98. The second-order valence-corrected chi connectivity index (χ2v) is 4.63. The van der Waals surface area contributed by atoms with Gasteiger partial charge in [-0.15, -0.1) is 0 Å². The van der Waals surface area contributed by atoms with Crippen molar-refractivity contribution in [2.45, 2.75) is 5.41 Å². The number of hydrogen-bond donors (Lipinski definition) is 0. The molecule has 0 saturated carbocycles. The van der Waals surface area contributed by atoms with Crippen LogP contribution in [0.4, 0.5) is 0 Å². The normalized spacial score (nSPS) is 24.9. The van der Waals surface area contributed by atoms with Crippen molar-refractivity contribution in [3.8, 4) is 6.07 Å². The third-order valence-corrected chi connectivity index (χ3v) is 3.85. The van der Waals surface area contributed by atoms with Gasteiger partial charge in [-0.1, -0.05) is 30.3 Å². The fourth-order valence-corrected chi connectivity index (χ4v) is 2.54. The molecule has 2 aliphatic rings. The minimum atomic E-state index is -0.382. The minimum absolute atomic E-state index is 0.152. The van der Waals surface area contributed by atoms with Gasteiger partial charge in [-0.3, -0.25) is 0 Å². The van der Waals surface area contributed by atoms with E-state index in [0.29, 0.717) is 26.4 Å². The first-order valence-corrected chi connectivity index (χ1v) is 5.45. The molecule has 0 atom stereocenters. The lowest BCUT2D eigenvalue weighted by molar-refractivity contribution is -0.201. The van der Waals surface area contributed by atoms with Crippen molar-refractivity contribution in [3.05, 3.63) is 35.9 Å². The summed E-state index contributed by atoms with van der Waals surface area (Å²) in [5, 5.41) is 9.41. The molecule has 16 heavy (non-hydrogen) atoms. The first-order valence-electron chi connectivity index (χ1n) is 5.45. The number of ether oxygens (including phenoxy) is 2. The van der Waals surface area contributed by atoms with Gasteiger partial charge in [0.05, 0.1) is 37.9 Å². The van der Waals surface area contributed by atoms with Gasteiger partial charge >= 0.3 is 0 Å². The van der Waals surface area contributed by atoms with Gasteiger partial charge in [-0.25, -0.2) is 0 Å². The fraction of sp³-hybridized carbons (Fsp3) is 0.462. The summed E-state index contributed by atoms with van der Waals surface area (Å²) in [5.74, 6) is 0. The largest absolute Gasteiger partial charge is 0.379 e. The molecule has 1 aromatic carbocycles. The monoisotopic (exact) mass is 215 g/mol. The first-order chi connectivity index (χ1) is 7.83. The number of benzene rings is 1. The molecule has 0 spiro atoms. The standard InChI is InChI=1S/C13H13NO2/c14-6-12(7-15-8-12)13(9-16-10-13)11-4-2-1-3-5-11/h1-5H,7-10H2. The van der Waals surface area contributed by atoms with Gasteiger partial charge in [0.15, 0.2) is 0 Å². The molecule has 2 fully saturated rings. The maximum absolute atomic E-state index is 9.41. The van der Waals surface area contributed by atoms with E-state index in [0.717, 1.165) is 0 Å². The SMILES string of the molecule is N#CC1(C2(c3ccccc3)COC2)COC1. The van der Waals surface area contributed by atoms with Crippen LogP contribution in [0.15, 0.2) is 30.3 Å². The van der Waals surface area contributed by atoms with Gasteiger partial charge in [0, 0.05) is 0 Å². The number of rotatable bonds is 2. The third kappa shape index (κ3) is 1.03. The topological polar surface area (TPSA) is 42.2 Å². The van der Waals surface area contributed by atoms with Crippen molar-refractivity contribution >= 4 is 0 Å². The van der Waals surface area contributed by atoms with Gasteiger partial charge < -0.3 is 9.47 Å². The minimum Gasteiger partial charge on any atom is -0.379 e. The Morgan fingerprint density at radius 1 is 1.00 bits per heavy atom. The summed E-state index contributed by atoms with van der Waals surface area (Å²) in [5.41, 5.74) is 0.666. The molecule has 2 saturated heterocycles. The Bertz CT molecular complexity index is 427. The highest BCUT2D eigenvalue weighted by Gasteiger charge is 2.61. The van der Waals surface area contributed by atoms with Crippen molar-refractivity contribution in [1.82, 2.24) is 0 Å². The Morgan fingerprint density at radius 3 is 2.00 bits per heavy atom. The van der Waals surface area contributed by atoms with Gasteiger partial charge in [-0.05, 0) is 5.56 Å². The molecule has 82 valence electrons. The van der Waals surface area contributed by atoms with Crippen LogP contribution in [0, 0.1) is 16.7 Å². The molecule has 2 heterocycles. The fourth-order valence-electron chi connectivity index (χ4n) is 2.54. The van der Waals surface area contributed by atoms with E-state index in [1.54, 1.807) is 0 Å². The second-order valence-electron chi connectivity index (χ2n) is 4.63. The van der Waals surface area contributed by atoms with Crippen LogP contribution in [-0.4, -0.2) is 26.4 Å². The average Bonchev–Trinajstić information content (AvgIpc) is 2.22. The van der Waals surface area contributed by atoms with Crippen molar-refractivity contribution in [2.75, 3.05) is 26.4 Å².